The molecule has 0 radical (unpaired) electrons. The minimum atomic E-state index is -0.561. The molecule has 0 saturated heterocycles. The molecule has 5 heteroatoms. The predicted octanol–water partition coefficient (Wildman–Crippen LogP) is 15.8. The van der Waals surface area contributed by atoms with Gasteiger partial charge in [0.15, 0.2) is 6.10 Å². The average Bonchev–Trinajstić information content (AvgIpc) is 3.20. The Labute approximate surface area is 347 Å². The molecule has 0 aromatic carbocycles. The van der Waals surface area contributed by atoms with Crippen molar-refractivity contribution in [2.45, 2.75) is 232 Å². The van der Waals surface area contributed by atoms with Crippen LogP contribution in [0.4, 0.5) is 0 Å². The fourth-order valence-electron chi connectivity index (χ4n) is 6.52. The molecule has 5 nitrogen and oxygen atoms in total. The molecule has 0 saturated carbocycles. The van der Waals surface area contributed by atoms with Gasteiger partial charge in [0.25, 0.3) is 0 Å². The summed E-state index contributed by atoms with van der Waals surface area (Å²) in [5.41, 5.74) is 0. The molecule has 1 atom stereocenters. The molecule has 0 rings (SSSR count). The number of rotatable bonds is 43. The van der Waals surface area contributed by atoms with Gasteiger partial charge in [-0.1, -0.05) is 204 Å². The molecule has 0 bridgehead atoms. The Morgan fingerprint density at radius 2 is 0.839 bits per heavy atom. The topological polar surface area (TPSA) is 61.8 Å². The number of hydrogen-bond donors (Lipinski definition) is 0. The van der Waals surface area contributed by atoms with Gasteiger partial charge in [0.05, 0.1) is 6.61 Å². The van der Waals surface area contributed by atoms with Gasteiger partial charge in [0.2, 0.25) is 0 Å². The van der Waals surface area contributed by atoms with Crippen molar-refractivity contribution in [2.75, 3.05) is 19.8 Å². The van der Waals surface area contributed by atoms with Gasteiger partial charge in [-0.15, -0.1) is 0 Å². The molecule has 0 aliphatic rings. The highest BCUT2D eigenvalue weighted by atomic mass is 16.6. The maximum atomic E-state index is 12.6. The zero-order chi connectivity index (χ0) is 40.7. The van der Waals surface area contributed by atoms with Crippen LogP contribution in [0.25, 0.3) is 0 Å². The van der Waals surface area contributed by atoms with E-state index in [2.05, 4.69) is 75.5 Å². The van der Waals surface area contributed by atoms with E-state index in [0.717, 1.165) is 57.8 Å². The van der Waals surface area contributed by atoms with Crippen molar-refractivity contribution in [1.82, 2.24) is 0 Å². The first-order valence-electron chi connectivity index (χ1n) is 23.8. The van der Waals surface area contributed by atoms with E-state index in [1.165, 1.54) is 128 Å². The van der Waals surface area contributed by atoms with Crippen LogP contribution in [0.3, 0.4) is 0 Å². The molecule has 0 aliphatic heterocycles. The highest BCUT2D eigenvalue weighted by molar-refractivity contribution is 5.70. The number of ether oxygens (including phenoxy) is 3. The third-order valence-corrected chi connectivity index (χ3v) is 10.1. The lowest BCUT2D eigenvalue weighted by Gasteiger charge is -2.18. The van der Waals surface area contributed by atoms with Crippen molar-refractivity contribution in [2.24, 2.45) is 0 Å². The Hall–Kier alpha value is -2.40. The summed E-state index contributed by atoms with van der Waals surface area (Å²) in [5, 5.41) is 0. The van der Waals surface area contributed by atoms with Crippen molar-refractivity contribution < 1.29 is 23.8 Å². The van der Waals surface area contributed by atoms with E-state index in [0.29, 0.717) is 25.9 Å². The molecule has 0 heterocycles. The maximum absolute atomic E-state index is 12.6. The Morgan fingerprint density at radius 1 is 0.411 bits per heavy atom. The number of carbonyl (C=O) groups excluding carboxylic acids is 2. The predicted molar refractivity (Wildman–Crippen MR) is 242 cm³/mol. The van der Waals surface area contributed by atoms with E-state index in [-0.39, 0.29) is 25.2 Å². The lowest BCUT2D eigenvalue weighted by Crippen LogP contribution is -2.30. The standard InChI is InChI=1S/C51H90O5/c1-4-7-10-13-16-18-20-22-23-24-25-26-27-28-30-32-34-37-40-43-46-54-47-49(56-51(53)45-42-39-35-15-12-9-6-3)48-55-50(52)44-41-38-36-33-31-29-21-19-17-14-11-8-5-2/h8,11,17,19,22-23,29,31,36,38,49H,4-7,9-10,12-16,18,20-21,24-28,30,32-35,37,39-48H2,1-3H3/b11-8-,19-17-,23-22-,31-29-,38-36-. The highest BCUT2D eigenvalue weighted by Crippen LogP contribution is 2.14. The summed E-state index contributed by atoms with van der Waals surface area (Å²) in [6, 6.07) is 0. The number of allylic oxidation sites excluding steroid dienone is 10. The molecule has 0 aliphatic carbocycles. The van der Waals surface area contributed by atoms with Crippen molar-refractivity contribution >= 4 is 11.9 Å². The second-order valence-corrected chi connectivity index (χ2v) is 15.6. The Balaban J connectivity index is 4.16. The second kappa shape index (κ2) is 47.0. The summed E-state index contributed by atoms with van der Waals surface area (Å²) in [6.45, 7) is 7.60. The van der Waals surface area contributed by atoms with Crippen LogP contribution in [0, 0.1) is 0 Å². The van der Waals surface area contributed by atoms with Gasteiger partial charge in [-0.3, -0.25) is 9.59 Å². The summed E-state index contributed by atoms with van der Waals surface area (Å²) in [7, 11) is 0. The molecular weight excluding hydrogens is 693 g/mol. The molecule has 0 fully saturated rings. The summed E-state index contributed by atoms with van der Waals surface area (Å²) >= 11 is 0. The van der Waals surface area contributed by atoms with Crippen molar-refractivity contribution in [1.29, 1.82) is 0 Å². The van der Waals surface area contributed by atoms with Crippen LogP contribution in [0.5, 0.6) is 0 Å². The van der Waals surface area contributed by atoms with E-state index >= 15 is 0 Å². The highest BCUT2D eigenvalue weighted by Gasteiger charge is 2.17. The van der Waals surface area contributed by atoms with Crippen molar-refractivity contribution in [3.8, 4) is 0 Å². The fraction of sp³-hybridized carbons (Fsp3) is 0.765. The zero-order valence-electron chi connectivity index (χ0n) is 37.1. The first-order valence-corrected chi connectivity index (χ1v) is 23.8. The van der Waals surface area contributed by atoms with Gasteiger partial charge in [-0.05, 0) is 70.6 Å². The summed E-state index contributed by atoms with van der Waals surface area (Å²) in [4.78, 5) is 25.1. The van der Waals surface area contributed by atoms with E-state index in [9.17, 15) is 9.59 Å². The molecule has 0 amide bonds. The maximum Gasteiger partial charge on any atom is 0.306 e. The number of hydrogen-bond acceptors (Lipinski definition) is 5. The van der Waals surface area contributed by atoms with Crippen LogP contribution in [0.1, 0.15) is 226 Å². The largest absolute Gasteiger partial charge is 0.462 e. The van der Waals surface area contributed by atoms with Crippen LogP contribution in [-0.2, 0) is 23.8 Å². The molecule has 324 valence electrons. The number of unbranched alkanes of at least 4 members (excludes halogenated alkanes) is 22. The van der Waals surface area contributed by atoms with Crippen LogP contribution in [-0.4, -0.2) is 37.9 Å². The van der Waals surface area contributed by atoms with Crippen molar-refractivity contribution in [3.63, 3.8) is 0 Å². The molecule has 56 heavy (non-hydrogen) atoms. The summed E-state index contributed by atoms with van der Waals surface area (Å²) in [5.74, 6) is -0.495. The first-order chi connectivity index (χ1) is 27.6. The van der Waals surface area contributed by atoms with E-state index in [4.69, 9.17) is 14.2 Å². The first kappa shape index (κ1) is 53.6. The quantitative estimate of drug-likeness (QED) is 0.0350. The second-order valence-electron chi connectivity index (χ2n) is 15.6. The third-order valence-electron chi connectivity index (χ3n) is 10.1. The van der Waals surface area contributed by atoms with E-state index < -0.39 is 6.10 Å². The van der Waals surface area contributed by atoms with Gasteiger partial charge < -0.3 is 14.2 Å². The lowest BCUT2D eigenvalue weighted by atomic mass is 10.1. The SMILES string of the molecule is CC/C=C\C/C=C\C/C=C\C/C=C\CCC(=O)OCC(COCCCCCCCCCCCC/C=C\CCCCCCCC)OC(=O)CCCCCCCCC. The Kier molecular flexibility index (Phi) is 45.0. The van der Waals surface area contributed by atoms with Gasteiger partial charge >= 0.3 is 11.9 Å². The normalized spacial score (nSPS) is 12.7. The molecule has 0 aromatic heterocycles. The lowest BCUT2D eigenvalue weighted by molar-refractivity contribution is -0.162. The minimum Gasteiger partial charge on any atom is -0.462 e. The number of carbonyl (C=O) groups is 2. The molecule has 0 aromatic rings. The molecular formula is C51H90O5. The Bertz CT molecular complexity index is 977. The van der Waals surface area contributed by atoms with Crippen molar-refractivity contribution in [3.05, 3.63) is 60.8 Å². The average molecular weight is 783 g/mol. The van der Waals surface area contributed by atoms with Crippen LogP contribution >= 0.6 is 0 Å². The van der Waals surface area contributed by atoms with E-state index in [1.807, 2.05) is 6.08 Å². The summed E-state index contributed by atoms with van der Waals surface area (Å²) < 4.78 is 17.2. The van der Waals surface area contributed by atoms with Crippen LogP contribution in [0.2, 0.25) is 0 Å². The fourth-order valence-corrected chi connectivity index (χ4v) is 6.52. The Morgan fingerprint density at radius 3 is 1.36 bits per heavy atom. The van der Waals surface area contributed by atoms with Gasteiger partial charge in [0.1, 0.15) is 6.61 Å². The van der Waals surface area contributed by atoms with E-state index in [1.54, 1.807) is 0 Å². The molecule has 0 N–H and O–H groups in total. The third kappa shape index (κ3) is 44.3. The van der Waals surface area contributed by atoms with Gasteiger partial charge in [-0.25, -0.2) is 0 Å². The minimum absolute atomic E-state index is 0.0474. The van der Waals surface area contributed by atoms with Gasteiger partial charge in [0, 0.05) is 19.4 Å². The number of esters is 2. The molecule has 0 spiro atoms. The summed E-state index contributed by atoms with van der Waals surface area (Å²) in [6.07, 6.45) is 58.3. The smallest absolute Gasteiger partial charge is 0.306 e. The van der Waals surface area contributed by atoms with Crippen LogP contribution in [0.15, 0.2) is 60.8 Å². The molecule has 1 unspecified atom stereocenters. The monoisotopic (exact) mass is 783 g/mol. The zero-order valence-corrected chi connectivity index (χ0v) is 37.1. The van der Waals surface area contributed by atoms with Gasteiger partial charge in [-0.2, -0.15) is 0 Å². The van der Waals surface area contributed by atoms with Crippen LogP contribution < -0.4 is 0 Å².